The van der Waals surface area contributed by atoms with E-state index in [9.17, 15) is 0 Å². The minimum absolute atomic E-state index is 0.515. The molecule has 0 aliphatic carbocycles. The van der Waals surface area contributed by atoms with Gasteiger partial charge in [0, 0.05) is 25.2 Å². The van der Waals surface area contributed by atoms with Crippen molar-refractivity contribution in [1.82, 2.24) is 15.3 Å². The summed E-state index contributed by atoms with van der Waals surface area (Å²) in [7, 11) is 1.65. The zero-order valence-electron chi connectivity index (χ0n) is 12.3. The molecule has 1 aliphatic heterocycles. The summed E-state index contributed by atoms with van der Waals surface area (Å²) in [5, 5.41) is 3.52. The maximum absolute atomic E-state index is 5.29. The summed E-state index contributed by atoms with van der Waals surface area (Å²) in [4.78, 5) is 11.0. The fourth-order valence-electron chi connectivity index (χ4n) is 2.62. The predicted molar refractivity (Wildman–Crippen MR) is 76.8 cm³/mol. The third kappa shape index (κ3) is 3.15. The molecule has 5 nitrogen and oxygen atoms in total. The van der Waals surface area contributed by atoms with Gasteiger partial charge in [-0.05, 0) is 19.8 Å². The van der Waals surface area contributed by atoms with Crippen LogP contribution in [0, 0.1) is 6.92 Å². The molecule has 1 aromatic heterocycles. The minimum Gasteiger partial charge on any atom is -0.481 e. The highest BCUT2D eigenvalue weighted by Gasteiger charge is 2.27. The zero-order valence-corrected chi connectivity index (χ0v) is 12.3. The first-order valence-corrected chi connectivity index (χ1v) is 6.99. The SMILES string of the molecule is COc1ncnc(N2CCCC2CNC(C)C)c1C. The van der Waals surface area contributed by atoms with Crippen molar-refractivity contribution in [3.63, 3.8) is 0 Å². The van der Waals surface area contributed by atoms with E-state index in [4.69, 9.17) is 4.74 Å². The van der Waals surface area contributed by atoms with Crippen molar-refractivity contribution in [2.75, 3.05) is 25.1 Å². The third-order valence-electron chi connectivity index (χ3n) is 3.62. The molecule has 19 heavy (non-hydrogen) atoms. The van der Waals surface area contributed by atoms with Gasteiger partial charge in [0.1, 0.15) is 12.1 Å². The average molecular weight is 264 g/mol. The van der Waals surface area contributed by atoms with E-state index < -0.39 is 0 Å². The van der Waals surface area contributed by atoms with Gasteiger partial charge in [0.2, 0.25) is 5.88 Å². The Morgan fingerprint density at radius 3 is 2.95 bits per heavy atom. The first-order valence-electron chi connectivity index (χ1n) is 6.99. The summed E-state index contributed by atoms with van der Waals surface area (Å²) in [6.07, 6.45) is 4.02. The fraction of sp³-hybridized carbons (Fsp3) is 0.714. The highest BCUT2D eigenvalue weighted by Crippen LogP contribution is 2.29. The lowest BCUT2D eigenvalue weighted by atomic mass is 10.2. The number of nitrogens with zero attached hydrogens (tertiary/aromatic N) is 3. The Morgan fingerprint density at radius 2 is 2.26 bits per heavy atom. The van der Waals surface area contributed by atoms with Gasteiger partial charge in [-0.3, -0.25) is 0 Å². The number of nitrogens with one attached hydrogen (secondary N) is 1. The van der Waals surface area contributed by atoms with Gasteiger partial charge in [-0.25, -0.2) is 9.97 Å². The molecule has 1 aromatic rings. The Bertz CT molecular complexity index is 422. The van der Waals surface area contributed by atoms with Crippen LogP contribution in [0.1, 0.15) is 32.3 Å². The molecule has 1 unspecified atom stereocenters. The third-order valence-corrected chi connectivity index (χ3v) is 3.62. The molecule has 1 aliphatic rings. The smallest absolute Gasteiger partial charge is 0.221 e. The van der Waals surface area contributed by atoms with Crippen LogP contribution in [0.4, 0.5) is 5.82 Å². The van der Waals surface area contributed by atoms with Crippen molar-refractivity contribution < 1.29 is 4.74 Å². The van der Waals surface area contributed by atoms with Crippen LogP contribution in [0.5, 0.6) is 5.88 Å². The summed E-state index contributed by atoms with van der Waals surface area (Å²) in [6, 6.07) is 1.03. The molecule has 0 bridgehead atoms. The molecule has 1 saturated heterocycles. The summed E-state index contributed by atoms with van der Waals surface area (Å²) >= 11 is 0. The molecule has 0 radical (unpaired) electrons. The largest absolute Gasteiger partial charge is 0.481 e. The molecule has 2 heterocycles. The quantitative estimate of drug-likeness (QED) is 0.878. The molecular formula is C14H24N4O. The van der Waals surface area contributed by atoms with Crippen LogP contribution in [0.2, 0.25) is 0 Å². The monoisotopic (exact) mass is 264 g/mol. The van der Waals surface area contributed by atoms with Gasteiger partial charge in [-0.15, -0.1) is 0 Å². The van der Waals surface area contributed by atoms with Crippen molar-refractivity contribution in [3.05, 3.63) is 11.9 Å². The van der Waals surface area contributed by atoms with Gasteiger partial charge in [0.05, 0.1) is 12.7 Å². The standard InChI is InChI=1S/C14H24N4O/c1-10(2)15-8-12-6-5-7-18(12)13-11(3)14(19-4)17-9-16-13/h9-10,12,15H,5-8H2,1-4H3. The summed E-state index contributed by atoms with van der Waals surface area (Å²) in [6.45, 7) is 8.45. The van der Waals surface area contributed by atoms with E-state index in [0.29, 0.717) is 18.0 Å². The van der Waals surface area contributed by atoms with Crippen molar-refractivity contribution >= 4 is 5.82 Å². The number of rotatable bonds is 5. The second-order valence-corrected chi connectivity index (χ2v) is 5.38. The Labute approximate surface area is 115 Å². The lowest BCUT2D eigenvalue weighted by molar-refractivity contribution is 0.393. The Hall–Kier alpha value is -1.36. The molecule has 1 fully saturated rings. The van der Waals surface area contributed by atoms with Crippen LogP contribution in [0.3, 0.4) is 0 Å². The molecule has 1 atom stereocenters. The second kappa shape index (κ2) is 6.19. The fourth-order valence-corrected chi connectivity index (χ4v) is 2.62. The van der Waals surface area contributed by atoms with Crippen molar-refractivity contribution in [3.8, 4) is 5.88 Å². The molecular weight excluding hydrogens is 240 g/mol. The van der Waals surface area contributed by atoms with Crippen LogP contribution >= 0.6 is 0 Å². The van der Waals surface area contributed by atoms with Gasteiger partial charge >= 0.3 is 0 Å². The highest BCUT2D eigenvalue weighted by atomic mass is 16.5. The van der Waals surface area contributed by atoms with Crippen LogP contribution in [0.25, 0.3) is 0 Å². The molecule has 1 N–H and O–H groups in total. The van der Waals surface area contributed by atoms with E-state index in [0.717, 1.165) is 24.5 Å². The summed E-state index contributed by atoms with van der Waals surface area (Å²) in [5.74, 6) is 1.69. The molecule has 0 aromatic carbocycles. The molecule has 0 saturated carbocycles. The normalized spacial score (nSPS) is 19.2. The van der Waals surface area contributed by atoms with E-state index >= 15 is 0 Å². The van der Waals surface area contributed by atoms with Crippen LogP contribution in [-0.2, 0) is 0 Å². The summed E-state index contributed by atoms with van der Waals surface area (Å²) in [5.41, 5.74) is 1.03. The number of hydrogen-bond acceptors (Lipinski definition) is 5. The van der Waals surface area contributed by atoms with E-state index in [-0.39, 0.29) is 0 Å². The van der Waals surface area contributed by atoms with Crippen molar-refractivity contribution in [2.24, 2.45) is 0 Å². The first-order chi connectivity index (χ1) is 9.13. The van der Waals surface area contributed by atoms with Crippen LogP contribution < -0.4 is 15.0 Å². The van der Waals surface area contributed by atoms with E-state index in [1.165, 1.54) is 12.8 Å². The van der Waals surface area contributed by atoms with Gasteiger partial charge in [-0.2, -0.15) is 0 Å². The topological polar surface area (TPSA) is 50.3 Å². The zero-order chi connectivity index (χ0) is 13.8. The average Bonchev–Trinajstić information content (AvgIpc) is 2.85. The van der Waals surface area contributed by atoms with Crippen LogP contribution in [0.15, 0.2) is 6.33 Å². The molecule has 0 spiro atoms. The van der Waals surface area contributed by atoms with Crippen molar-refractivity contribution in [2.45, 2.75) is 45.7 Å². The number of ether oxygens (including phenoxy) is 1. The van der Waals surface area contributed by atoms with Crippen LogP contribution in [-0.4, -0.2) is 42.3 Å². The maximum Gasteiger partial charge on any atom is 0.221 e. The Kier molecular flexibility index (Phi) is 4.58. The number of aromatic nitrogens is 2. The molecule has 0 amide bonds. The van der Waals surface area contributed by atoms with Gasteiger partial charge in [-0.1, -0.05) is 13.8 Å². The Balaban J connectivity index is 2.15. The lowest BCUT2D eigenvalue weighted by Crippen LogP contribution is -2.41. The molecule has 5 heteroatoms. The maximum atomic E-state index is 5.29. The second-order valence-electron chi connectivity index (χ2n) is 5.38. The molecule has 2 rings (SSSR count). The first kappa shape index (κ1) is 14.1. The number of anilines is 1. The van der Waals surface area contributed by atoms with E-state index in [1.807, 2.05) is 6.92 Å². The van der Waals surface area contributed by atoms with Crippen molar-refractivity contribution in [1.29, 1.82) is 0 Å². The highest BCUT2D eigenvalue weighted by molar-refractivity contribution is 5.51. The Morgan fingerprint density at radius 1 is 1.47 bits per heavy atom. The predicted octanol–water partition coefficient (Wildman–Crippen LogP) is 1.76. The van der Waals surface area contributed by atoms with E-state index in [1.54, 1.807) is 13.4 Å². The van der Waals surface area contributed by atoms with Gasteiger partial charge in [0.25, 0.3) is 0 Å². The summed E-state index contributed by atoms with van der Waals surface area (Å²) < 4.78 is 5.29. The van der Waals surface area contributed by atoms with E-state index in [2.05, 4.69) is 34.0 Å². The molecule has 106 valence electrons. The number of hydrogen-bond donors (Lipinski definition) is 1. The minimum atomic E-state index is 0.515. The van der Waals surface area contributed by atoms with Gasteiger partial charge < -0.3 is 15.0 Å². The van der Waals surface area contributed by atoms with Gasteiger partial charge in [0.15, 0.2) is 0 Å². The number of methoxy groups -OCH3 is 1. The lowest BCUT2D eigenvalue weighted by Gasteiger charge is -2.28.